The van der Waals surface area contributed by atoms with Crippen LogP contribution in [0.1, 0.15) is 37.7 Å². The van der Waals surface area contributed by atoms with Crippen LogP contribution in [0.4, 0.5) is 11.4 Å². The molecule has 3 aromatic rings. The molecule has 0 amide bonds. The van der Waals surface area contributed by atoms with E-state index in [1.165, 1.54) is 37.7 Å². The van der Waals surface area contributed by atoms with Crippen molar-refractivity contribution < 1.29 is 9.90 Å². The molecule has 4 aliphatic carbocycles. The van der Waals surface area contributed by atoms with Gasteiger partial charge in [-0.1, -0.05) is 23.7 Å². The van der Waals surface area contributed by atoms with Gasteiger partial charge in [0, 0.05) is 11.9 Å². The maximum absolute atomic E-state index is 11.1. The topological polar surface area (TPSA) is 54.3 Å². The number of aliphatic carboxylic acids is 1. The van der Waals surface area contributed by atoms with Crippen LogP contribution in [-0.4, -0.2) is 15.6 Å². The second-order valence-electron chi connectivity index (χ2n) is 9.63. The zero-order valence-corrected chi connectivity index (χ0v) is 17.5. The van der Waals surface area contributed by atoms with Crippen molar-refractivity contribution >= 4 is 39.8 Å². The number of nitrogens with one attached hydrogen (secondary N) is 1. The molecule has 0 radical (unpaired) electrons. The zero-order chi connectivity index (χ0) is 20.5. The summed E-state index contributed by atoms with van der Waals surface area (Å²) in [6.45, 7) is -0.0480. The summed E-state index contributed by atoms with van der Waals surface area (Å²) in [7, 11) is 0. The molecule has 4 aliphatic rings. The number of halogens is 1. The summed E-state index contributed by atoms with van der Waals surface area (Å²) in [5, 5.41) is 14.3. The SMILES string of the molecule is O=C(O)Cn1ccc2ccc(Nc3ccc(C45CC6CC(CC4C6)C5)cc3Cl)cc21. The standard InChI is InChI=1S/C25H25ClN2O2/c26-21-10-18(25-12-15-7-16(13-25)9-19(25)8-15)2-4-22(21)27-20-3-1-17-5-6-28(14-24(29)30)23(17)11-20/h1-6,10-11,15-16,19,27H,7-9,12-14H2,(H,29,30). The van der Waals surface area contributed by atoms with Gasteiger partial charge in [0.25, 0.3) is 0 Å². The fourth-order valence-corrected chi connectivity index (χ4v) is 7.12. The van der Waals surface area contributed by atoms with Gasteiger partial charge in [0.1, 0.15) is 6.54 Å². The molecule has 30 heavy (non-hydrogen) atoms. The first-order valence-electron chi connectivity index (χ1n) is 10.9. The average molecular weight is 421 g/mol. The van der Waals surface area contributed by atoms with Crippen molar-refractivity contribution in [1.82, 2.24) is 4.57 Å². The predicted molar refractivity (Wildman–Crippen MR) is 120 cm³/mol. The van der Waals surface area contributed by atoms with E-state index in [0.717, 1.165) is 45.1 Å². The van der Waals surface area contributed by atoms with E-state index < -0.39 is 5.97 Å². The Morgan fingerprint density at radius 2 is 1.90 bits per heavy atom. The van der Waals surface area contributed by atoms with Crippen molar-refractivity contribution in [3.8, 4) is 0 Å². The molecule has 2 unspecified atom stereocenters. The molecule has 2 atom stereocenters. The van der Waals surface area contributed by atoms with Gasteiger partial charge >= 0.3 is 5.97 Å². The highest BCUT2D eigenvalue weighted by Gasteiger charge is 2.58. The predicted octanol–water partition coefficient (Wildman–Crippen LogP) is 6.20. The molecule has 1 heterocycles. The number of fused-ring (bicyclic) bond motifs is 1. The Morgan fingerprint density at radius 3 is 2.63 bits per heavy atom. The van der Waals surface area contributed by atoms with E-state index in [2.05, 4.69) is 23.5 Å². The van der Waals surface area contributed by atoms with Crippen molar-refractivity contribution in [3.05, 3.63) is 59.2 Å². The molecule has 4 nitrogen and oxygen atoms in total. The van der Waals surface area contributed by atoms with Crippen molar-refractivity contribution in [2.45, 2.75) is 44.1 Å². The van der Waals surface area contributed by atoms with Gasteiger partial charge < -0.3 is 15.0 Å². The minimum Gasteiger partial charge on any atom is -0.480 e. The van der Waals surface area contributed by atoms with Gasteiger partial charge in [-0.2, -0.15) is 0 Å². The summed E-state index contributed by atoms with van der Waals surface area (Å²) < 4.78 is 1.75. The van der Waals surface area contributed by atoms with E-state index >= 15 is 0 Å². The van der Waals surface area contributed by atoms with Crippen molar-refractivity contribution in [2.24, 2.45) is 17.8 Å². The molecule has 4 saturated carbocycles. The molecule has 2 N–H and O–H groups in total. The highest BCUT2D eigenvalue weighted by atomic mass is 35.5. The molecular weight excluding hydrogens is 396 g/mol. The molecule has 1 aromatic heterocycles. The van der Waals surface area contributed by atoms with Crippen LogP contribution in [0.15, 0.2) is 48.7 Å². The Balaban J connectivity index is 1.29. The van der Waals surface area contributed by atoms with E-state index in [4.69, 9.17) is 16.7 Å². The van der Waals surface area contributed by atoms with Gasteiger partial charge in [-0.3, -0.25) is 4.79 Å². The first-order chi connectivity index (χ1) is 14.5. The first kappa shape index (κ1) is 18.3. The Hall–Kier alpha value is -2.46. The summed E-state index contributed by atoms with van der Waals surface area (Å²) in [6, 6.07) is 14.5. The van der Waals surface area contributed by atoms with Crippen LogP contribution in [0.25, 0.3) is 10.9 Å². The number of aromatic nitrogens is 1. The number of hydrogen-bond acceptors (Lipinski definition) is 2. The second-order valence-corrected chi connectivity index (χ2v) is 10.0. The van der Waals surface area contributed by atoms with Gasteiger partial charge in [0.2, 0.25) is 0 Å². The maximum Gasteiger partial charge on any atom is 0.323 e. The number of carboxylic acids is 1. The fraction of sp³-hybridized carbons (Fsp3) is 0.400. The number of rotatable bonds is 5. The molecule has 7 rings (SSSR count). The van der Waals surface area contributed by atoms with Crippen LogP contribution in [0, 0.1) is 17.8 Å². The van der Waals surface area contributed by atoms with Gasteiger partial charge in [0.15, 0.2) is 0 Å². The van der Waals surface area contributed by atoms with E-state index in [-0.39, 0.29) is 6.54 Å². The maximum atomic E-state index is 11.1. The van der Waals surface area contributed by atoms with Crippen molar-refractivity contribution in [3.63, 3.8) is 0 Å². The molecule has 4 fully saturated rings. The minimum absolute atomic E-state index is 0.0480. The smallest absolute Gasteiger partial charge is 0.323 e. The molecule has 2 aromatic carbocycles. The molecule has 0 saturated heterocycles. The van der Waals surface area contributed by atoms with E-state index in [9.17, 15) is 4.79 Å². The molecule has 0 aliphatic heterocycles. The summed E-state index contributed by atoms with van der Waals surface area (Å²) in [4.78, 5) is 11.1. The number of nitrogens with zero attached hydrogens (tertiary/aromatic N) is 1. The number of carbonyl (C=O) groups is 1. The minimum atomic E-state index is -0.848. The normalized spacial score (nSPS) is 29.0. The van der Waals surface area contributed by atoms with Crippen LogP contribution in [0.2, 0.25) is 5.02 Å². The lowest BCUT2D eigenvalue weighted by molar-refractivity contribution is -0.137. The van der Waals surface area contributed by atoms with Crippen LogP contribution in [0.5, 0.6) is 0 Å². The lowest BCUT2D eigenvalue weighted by atomic mass is 9.71. The fourth-order valence-electron chi connectivity index (χ4n) is 6.89. The molecule has 154 valence electrons. The third-order valence-corrected chi connectivity index (χ3v) is 8.20. The van der Waals surface area contributed by atoms with Crippen LogP contribution >= 0.6 is 11.6 Å². The van der Waals surface area contributed by atoms with Crippen LogP contribution in [-0.2, 0) is 16.8 Å². The summed E-state index contributed by atoms with van der Waals surface area (Å²) in [5.41, 5.74) is 4.49. The molecule has 0 spiro atoms. The third-order valence-electron chi connectivity index (χ3n) is 7.89. The van der Waals surface area contributed by atoms with E-state index in [1.807, 2.05) is 30.5 Å². The first-order valence-corrected chi connectivity index (χ1v) is 11.3. The van der Waals surface area contributed by atoms with Crippen LogP contribution < -0.4 is 5.32 Å². The summed E-state index contributed by atoms with van der Waals surface area (Å²) in [5.74, 6) is 1.85. The highest BCUT2D eigenvalue weighted by molar-refractivity contribution is 6.33. The van der Waals surface area contributed by atoms with Crippen molar-refractivity contribution in [2.75, 3.05) is 5.32 Å². The Kier molecular flexibility index (Phi) is 3.98. The largest absolute Gasteiger partial charge is 0.480 e. The molecular formula is C25H25ClN2O2. The Labute approximate surface area is 180 Å². The Morgan fingerprint density at radius 1 is 1.10 bits per heavy atom. The number of carboxylic acid groups (broad SMARTS) is 1. The van der Waals surface area contributed by atoms with Crippen molar-refractivity contribution in [1.29, 1.82) is 0 Å². The highest BCUT2D eigenvalue weighted by Crippen LogP contribution is 2.66. The Bertz CT molecular complexity index is 1150. The zero-order valence-electron chi connectivity index (χ0n) is 16.8. The van der Waals surface area contributed by atoms with E-state index in [0.29, 0.717) is 5.41 Å². The molecule has 5 heteroatoms. The van der Waals surface area contributed by atoms with Gasteiger partial charge in [-0.15, -0.1) is 0 Å². The summed E-state index contributed by atoms with van der Waals surface area (Å²) >= 11 is 6.74. The number of benzene rings is 2. The van der Waals surface area contributed by atoms with E-state index in [1.54, 1.807) is 4.57 Å². The number of hydrogen-bond donors (Lipinski definition) is 2. The van der Waals surface area contributed by atoms with Gasteiger partial charge in [0.05, 0.1) is 16.2 Å². The lowest BCUT2D eigenvalue weighted by Gasteiger charge is -2.34. The lowest BCUT2D eigenvalue weighted by Crippen LogP contribution is -2.27. The van der Waals surface area contributed by atoms with Gasteiger partial charge in [-0.25, -0.2) is 0 Å². The molecule has 4 bridgehead atoms. The second kappa shape index (κ2) is 6.52. The van der Waals surface area contributed by atoms with Gasteiger partial charge in [-0.05, 0) is 96.6 Å². The van der Waals surface area contributed by atoms with Crippen LogP contribution in [0.3, 0.4) is 0 Å². The summed E-state index contributed by atoms with van der Waals surface area (Å²) in [6.07, 6.45) is 8.75. The third kappa shape index (κ3) is 2.77. The monoisotopic (exact) mass is 420 g/mol. The average Bonchev–Trinajstić information content (AvgIpc) is 3.30. The number of anilines is 2. The quantitative estimate of drug-likeness (QED) is 0.516.